The number of rotatable bonds is 5. The molecule has 5 nitrogen and oxygen atoms in total. The molecule has 1 amide bonds. The number of carbonyl (C=O) groups is 2. The first-order chi connectivity index (χ1) is 7.79. The van der Waals surface area contributed by atoms with Gasteiger partial charge < -0.3 is 4.74 Å². The third-order valence-corrected chi connectivity index (χ3v) is 2.27. The minimum atomic E-state index is -0.556. The monoisotopic (exact) mass is 260 g/mol. The molecule has 0 rings (SSSR count). The van der Waals surface area contributed by atoms with Crippen molar-refractivity contribution in [3.8, 4) is 0 Å². The molecular formula is C11H17ClN2O3. The Kier molecular flexibility index (Phi) is 6.53. The van der Waals surface area contributed by atoms with Crippen molar-refractivity contribution in [2.75, 3.05) is 14.1 Å². The minimum absolute atomic E-state index is 0.0898. The molecule has 0 saturated heterocycles. The molecule has 0 radical (unpaired) electrons. The third-order valence-electron chi connectivity index (χ3n) is 2.09. The van der Waals surface area contributed by atoms with Gasteiger partial charge in [0.15, 0.2) is 6.23 Å². The maximum atomic E-state index is 11.6. The fourth-order valence-corrected chi connectivity index (χ4v) is 0.921. The highest BCUT2D eigenvalue weighted by Gasteiger charge is 2.14. The largest absolute Gasteiger partial charge is 0.443 e. The highest BCUT2D eigenvalue weighted by Crippen LogP contribution is 2.06. The highest BCUT2D eigenvalue weighted by molar-refractivity contribution is 6.24. The van der Waals surface area contributed by atoms with Gasteiger partial charge in [0, 0.05) is 22.9 Å². The topological polar surface area (TPSA) is 58.6 Å². The van der Waals surface area contributed by atoms with Gasteiger partial charge in [-0.1, -0.05) is 6.58 Å². The number of halogens is 1. The lowest BCUT2D eigenvalue weighted by atomic mass is 10.2. The van der Waals surface area contributed by atoms with E-state index >= 15 is 0 Å². The first-order valence-corrected chi connectivity index (χ1v) is 5.33. The molecule has 0 spiro atoms. The number of nitrogens with zero attached hydrogens (tertiary/aromatic N) is 1. The molecule has 0 aliphatic heterocycles. The number of carbonyl (C=O) groups excluding carboxylic acids is 2. The molecule has 0 aromatic carbocycles. The van der Waals surface area contributed by atoms with Gasteiger partial charge in [0.1, 0.15) is 0 Å². The summed E-state index contributed by atoms with van der Waals surface area (Å²) in [5, 5.41) is 0. The summed E-state index contributed by atoms with van der Waals surface area (Å²) >= 11 is 5.12. The quantitative estimate of drug-likeness (QED) is 0.265. The summed E-state index contributed by atoms with van der Waals surface area (Å²) in [7, 11) is 3.58. The van der Waals surface area contributed by atoms with Gasteiger partial charge in [-0.3, -0.25) is 14.5 Å². The molecule has 0 aliphatic rings. The molecule has 17 heavy (non-hydrogen) atoms. The van der Waals surface area contributed by atoms with Crippen LogP contribution in [0.4, 0.5) is 0 Å². The predicted octanol–water partition coefficient (Wildman–Crippen LogP) is 1.21. The molecule has 0 bridgehead atoms. The first-order valence-electron chi connectivity index (χ1n) is 4.95. The lowest BCUT2D eigenvalue weighted by molar-refractivity contribution is -0.150. The van der Waals surface area contributed by atoms with Gasteiger partial charge in [-0.15, -0.1) is 0 Å². The van der Waals surface area contributed by atoms with Crippen LogP contribution in [0.3, 0.4) is 0 Å². The Morgan fingerprint density at radius 3 is 2.41 bits per heavy atom. The molecule has 0 aromatic rings. The van der Waals surface area contributed by atoms with Crippen LogP contribution in [-0.4, -0.2) is 37.1 Å². The number of hydrogen-bond acceptors (Lipinski definition) is 4. The van der Waals surface area contributed by atoms with Crippen LogP contribution in [0.2, 0.25) is 0 Å². The summed E-state index contributed by atoms with van der Waals surface area (Å²) in [6, 6.07) is 0. The zero-order chi connectivity index (χ0) is 13.6. The number of amides is 1. The van der Waals surface area contributed by atoms with E-state index in [9.17, 15) is 9.59 Å². The number of nitrogens with one attached hydrogen (secondary N) is 1. The second kappa shape index (κ2) is 7.09. The second-order valence-corrected chi connectivity index (χ2v) is 3.93. The van der Waals surface area contributed by atoms with Crippen LogP contribution in [0.15, 0.2) is 23.8 Å². The molecule has 1 N–H and O–H groups in total. The lowest BCUT2D eigenvalue weighted by Gasteiger charge is -2.20. The van der Waals surface area contributed by atoms with Crippen molar-refractivity contribution in [3.63, 3.8) is 0 Å². The highest BCUT2D eigenvalue weighted by atomic mass is 35.5. The average Bonchev–Trinajstić information content (AvgIpc) is 2.27. The molecule has 6 heteroatoms. The zero-order valence-electron chi connectivity index (χ0n) is 10.4. The summed E-state index contributed by atoms with van der Waals surface area (Å²) in [5.74, 6) is -1.06. The predicted molar refractivity (Wildman–Crippen MR) is 66.1 cm³/mol. The standard InChI is InChI=1S/C11H17ClN2O3/c1-7(10(15)13-12)6-8(2)11(16)17-9(3)14(4)5/h6,9H,1H2,2-5H3,(H,13,15)/b8-6+. The lowest BCUT2D eigenvalue weighted by Crippen LogP contribution is -2.30. The Balaban J connectivity index is 4.55. The van der Waals surface area contributed by atoms with E-state index in [1.165, 1.54) is 13.0 Å². The Morgan fingerprint density at radius 2 is 2.00 bits per heavy atom. The van der Waals surface area contributed by atoms with Crippen LogP contribution in [0.5, 0.6) is 0 Å². The van der Waals surface area contributed by atoms with Gasteiger partial charge >= 0.3 is 5.97 Å². The summed E-state index contributed by atoms with van der Waals surface area (Å²) in [5.41, 5.74) is 0.371. The van der Waals surface area contributed by atoms with Crippen molar-refractivity contribution >= 4 is 23.7 Å². The smallest absolute Gasteiger partial charge is 0.335 e. The zero-order valence-corrected chi connectivity index (χ0v) is 11.2. The molecule has 0 heterocycles. The number of ether oxygens (including phenoxy) is 1. The summed E-state index contributed by atoms with van der Waals surface area (Å²) in [6.07, 6.45) is 0.976. The normalized spacial score (nSPS) is 13.2. The Hall–Kier alpha value is -1.33. The van der Waals surface area contributed by atoms with Crippen molar-refractivity contribution in [3.05, 3.63) is 23.8 Å². The van der Waals surface area contributed by atoms with Crippen LogP contribution in [0.25, 0.3) is 0 Å². The van der Waals surface area contributed by atoms with Crippen LogP contribution in [-0.2, 0) is 14.3 Å². The molecule has 0 fully saturated rings. The maximum Gasteiger partial charge on any atom is 0.335 e. The summed E-state index contributed by atoms with van der Waals surface area (Å²) in [4.78, 5) is 26.3. The van der Waals surface area contributed by atoms with E-state index in [0.29, 0.717) is 0 Å². The number of hydrogen-bond donors (Lipinski definition) is 1. The van der Waals surface area contributed by atoms with Gasteiger partial charge in [-0.2, -0.15) is 0 Å². The van der Waals surface area contributed by atoms with Crippen molar-refractivity contribution < 1.29 is 14.3 Å². The van der Waals surface area contributed by atoms with E-state index in [1.54, 1.807) is 25.9 Å². The van der Waals surface area contributed by atoms with Crippen molar-refractivity contribution in [2.24, 2.45) is 0 Å². The first kappa shape index (κ1) is 15.7. The van der Waals surface area contributed by atoms with Crippen LogP contribution in [0, 0.1) is 0 Å². The van der Waals surface area contributed by atoms with E-state index in [0.717, 1.165) is 0 Å². The van der Waals surface area contributed by atoms with Gasteiger partial charge in [0.05, 0.1) is 0 Å². The van der Waals surface area contributed by atoms with E-state index in [1.807, 2.05) is 4.84 Å². The van der Waals surface area contributed by atoms with Crippen LogP contribution < -0.4 is 4.84 Å². The fourth-order valence-electron chi connectivity index (χ4n) is 0.800. The Labute approximate surface area is 106 Å². The van der Waals surface area contributed by atoms with Crippen molar-refractivity contribution in [1.82, 2.24) is 9.74 Å². The molecule has 0 aliphatic carbocycles. The van der Waals surface area contributed by atoms with E-state index in [4.69, 9.17) is 16.5 Å². The minimum Gasteiger partial charge on any atom is -0.443 e. The Bertz CT molecular complexity index is 351. The van der Waals surface area contributed by atoms with Gasteiger partial charge in [0.2, 0.25) is 0 Å². The Morgan fingerprint density at radius 1 is 1.47 bits per heavy atom. The van der Waals surface area contributed by atoms with Gasteiger partial charge in [0.25, 0.3) is 5.91 Å². The summed E-state index contributed by atoms with van der Waals surface area (Å²) < 4.78 is 5.10. The fraction of sp³-hybridized carbons (Fsp3) is 0.455. The molecule has 0 saturated carbocycles. The molecular weight excluding hydrogens is 244 g/mol. The van der Waals surface area contributed by atoms with E-state index in [2.05, 4.69) is 6.58 Å². The SMILES string of the molecule is C=C(/C=C(\C)C(=O)OC(C)N(C)C)C(=O)NCl. The van der Waals surface area contributed by atoms with Crippen molar-refractivity contribution in [2.45, 2.75) is 20.1 Å². The van der Waals surface area contributed by atoms with Crippen LogP contribution in [0.1, 0.15) is 13.8 Å². The summed E-state index contributed by atoms with van der Waals surface area (Å²) in [6.45, 7) is 6.75. The molecule has 1 atom stereocenters. The maximum absolute atomic E-state index is 11.6. The van der Waals surface area contributed by atoms with Gasteiger partial charge in [-0.25, -0.2) is 4.79 Å². The van der Waals surface area contributed by atoms with Crippen molar-refractivity contribution in [1.29, 1.82) is 0 Å². The van der Waals surface area contributed by atoms with Crippen LogP contribution >= 0.6 is 11.8 Å². The molecule has 0 aromatic heterocycles. The van der Waals surface area contributed by atoms with E-state index in [-0.39, 0.29) is 17.4 Å². The average molecular weight is 261 g/mol. The molecule has 96 valence electrons. The van der Waals surface area contributed by atoms with E-state index < -0.39 is 11.9 Å². The number of esters is 1. The van der Waals surface area contributed by atoms with Gasteiger partial charge in [-0.05, 0) is 34.0 Å². The second-order valence-electron chi connectivity index (χ2n) is 3.74. The third kappa shape index (κ3) is 5.51. The molecule has 1 unspecified atom stereocenters.